The quantitative estimate of drug-likeness (QED) is 0.791. The van der Waals surface area contributed by atoms with Crippen molar-refractivity contribution < 1.29 is 18.3 Å². The Labute approximate surface area is 115 Å². The standard InChI is InChI=1S/C12H13N3O4S/c1-7-5-9(12(16)17)3-4-10(7)15-20(18,19)11-6-13-8(2)14-11/h3-6,15H,1-2H3,(H,13,14)(H,16,17). The van der Waals surface area contributed by atoms with Crippen molar-refractivity contribution in [1.82, 2.24) is 9.97 Å². The monoisotopic (exact) mass is 295 g/mol. The summed E-state index contributed by atoms with van der Waals surface area (Å²) >= 11 is 0. The zero-order chi connectivity index (χ0) is 14.9. The number of carboxylic acid groups (broad SMARTS) is 1. The SMILES string of the molecule is Cc1ncc(S(=O)(=O)Nc2ccc(C(=O)O)cc2C)[nH]1. The predicted molar refractivity (Wildman–Crippen MR) is 72.3 cm³/mol. The highest BCUT2D eigenvalue weighted by Gasteiger charge is 2.18. The Morgan fingerprint density at radius 3 is 2.55 bits per heavy atom. The van der Waals surface area contributed by atoms with Gasteiger partial charge < -0.3 is 10.1 Å². The number of carbonyl (C=O) groups is 1. The third-order valence-corrected chi connectivity index (χ3v) is 3.96. The number of rotatable bonds is 4. The fraction of sp³-hybridized carbons (Fsp3) is 0.167. The Bertz CT molecular complexity index is 765. The Hall–Kier alpha value is -2.35. The summed E-state index contributed by atoms with van der Waals surface area (Å²) in [5, 5.41) is 8.82. The second kappa shape index (κ2) is 4.97. The molecule has 0 fully saturated rings. The second-order valence-corrected chi connectivity index (χ2v) is 5.92. The van der Waals surface area contributed by atoms with Gasteiger partial charge >= 0.3 is 5.97 Å². The summed E-state index contributed by atoms with van der Waals surface area (Å²) in [5.74, 6) is -0.574. The number of hydrogen-bond donors (Lipinski definition) is 3. The molecule has 0 saturated heterocycles. The summed E-state index contributed by atoms with van der Waals surface area (Å²) < 4.78 is 26.6. The highest BCUT2D eigenvalue weighted by atomic mass is 32.2. The van der Waals surface area contributed by atoms with Crippen LogP contribution in [0, 0.1) is 13.8 Å². The maximum Gasteiger partial charge on any atom is 0.335 e. The molecule has 1 aromatic heterocycles. The minimum absolute atomic E-state index is 0.0447. The van der Waals surface area contributed by atoms with Crippen molar-refractivity contribution in [2.75, 3.05) is 4.72 Å². The van der Waals surface area contributed by atoms with Crippen molar-refractivity contribution in [3.05, 3.63) is 41.3 Å². The number of imidazole rings is 1. The Morgan fingerprint density at radius 1 is 1.35 bits per heavy atom. The van der Waals surface area contributed by atoms with E-state index in [1.165, 1.54) is 24.4 Å². The number of aromatic amines is 1. The van der Waals surface area contributed by atoms with Gasteiger partial charge in [-0.3, -0.25) is 4.72 Å². The highest BCUT2D eigenvalue weighted by molar-refractivity contribution is 7.92. The summed E-state index contributed by atoms with van der Waals surface area (Å²) in [6.45, 7) is 3.27. The van der Waals surface area contributed by atoms with E-state index in [2.05, 4.69) is 14.7 Å². The number of aromatic carboxylic acids is 1. The van der Waals surface area contributed by atoms with E-state index in [0.717, 1.165) is 0 Å². The number of nitrogens with zero attached hydrogens (tertiary/aromatic N) is 1. The van der Waals surface area contributed by atoms with Gasteiger partial charge in [0.2, 0.25) is 0 Å². The van der Waals surface area contributed by atoms with Gasteiger partial charge in [-0.1, -0.05) is 0 Å². The summed E-state index contributed by atoms with van der Waals surface area (Å²) in [4.78, 5) is 17.3. The molecule has 2 rings (SSSR count). The predicted octanol–water partition coefficient (Wildman–Crippen LogP) is 1.53. The van der Waals surface area contributed by atoms with Gasteiger partial charge in [0.1, 0.15) is 5.82 Å². The normalized spacial score (nSPS) is 11.3. The number of hydrogen-bond acceptors (Lipinski definition) is 4. The van der Waals surface area contributed by atoms with Crippen molar-refractivity contribution in [1.29, 1.82) is 0 Å². The third-order valence-electron chi connectivity index (χ3n) is 2.69. The molecule has 1 aromatic carbocycles. The average Bonchev–Trinajstić information content (AvgIpc) is 2.79. The van der Waals surface area contributed by atoms with Crippen molar-refractivity contribution in [2.24, 2.45) is 0 Å². The summed E-state index contributed by atoms with van der Waals surface area (Å²) in [7, 11) is -3.76. The van der Waals surface area contributed by atoms with Crippen LogP contribution in [0.25, 0.3) is 0 Å². The molecule has 106 valence electrons. The Kier molecular flexibility index (Phi) is 3.49. The molecular formula is C12H13N3O4S. The zero-order valence-corrected chi connectivity index (χ0v) is 11.7. The van der Waals surface area contributed by atoms with Crippen LogP contribution < -0.4 is 4.72 Å². The third kappa shape index (κ3) is 2.80. The van der Waals surface area contributed by atoms with E-state index in [4.69, 9.17) is 5.11 Å². The fourth-order valence-electron chi connectivity index (χ4n) is 1.65. The van der Waals surface area contributed by atoms with Crippen molar-refractivity contribution in [3.63, 3.8) is 0 Å². The first kappa shape index (κ1) is 14.1. The van der Waals surface area contributed by atoms with E-state index in [1.807, 2.05) is 0 Å². The number of benzene rings is 1. The molecule has 1 heterocycles. The molecule has 0 unspecified atom stereocenters. The molecule has 20 heavy (non-hydrogen) atoms. The molecular weight excluding hydrogens is 282 g/mol. The van der Waals surface area contributed by atoms with Gasteiger partial charge in [-0.2, -0.15) is 8.42 Å². The second-order valence-electron chi connectivity index (χ2n) is 4.27. The molecule has 0 amide bonds. The summed E-state index contributed by atoms with van der Waals surface area (Å²) in [6.07, 6.45) is 1.22. The number of carboxylic acids is 1. The maximum atomic E-state index is 12.1. The zero-order valence-electron chi connectivity index (χ0n) is 10.8. The topological polar surface area (TPSA) is 112 Å². The lowest BCUT2D eigenvalue weighted by molar-refractivity contribution is 0.0697. The van der Waals surface area contributed by atoms with Crippen LogP contribution in [0.2, 0.25) is 0 Å². The molecule has 0 aliphatic carbocycles. The first-order valence-corrected chi connectivity index (χ1v) is 7.16. The van der Waals surface area contributed by atoms with E-state index >= 15 is 0 Å². The van der Waals surface area contributed by atoms with E-state index in [0.29, 0.717) is 17.1 Å². The van der Waals surface area contributed by atoms with Crippen LogP contribution in [-0.4, -0.2) is 29.5 Å². The minimum Gasteiger partial charge on any atom is -0.478 e. The number of nitrogens with one attached hydrogen (secondary N) is 2. The largest absolute Gasteiger partial charge is 0.478 e. The molecule has 3 N–H and O–H groups in total. The van der Waals surface area contributed by atoms with E-state index < -0.39 is 16.0 Å². The molecule has 0 bridgehead atoms. The van der Waals surface area contributed by atoms with Gasteiger partial charge in [0.15, 0.2) is 5.03 Å². The number of anilines is 1. The molecule has 0 spiro atoms. The summed E-state index contributed by atoms with van der Waals surface area (Å²) in [5.41, 5.74) is 0.940. The van der Waals surface area contributed by atoms with Crippen LogP contribution in [-0.2, 0) is 10.0 Å². The first-order chi connectivity index (χ1) is 9.29. The maximum absolute atomic E-state index is 12.1. The van der Waals surface area contributed by atoms with Gasteiger partial charge in [0.25, 0.3) is 10.0 Å². The van der Waals surface area contributed by atoms with Gasteiger partial charge in [0, 0.05) is 0 Å². The molecule has 0 atom stereocenters. The van der Waals surface area contributed by atoms with Gasteiger partial charge in [0.05, 0.1) is 17.4 Å². The fourth-order valence-corrected chi connectivity index (χ4v) is 2.75. The van der Waals surface area contributed by atoms with E-state index in [9.17, 15) is 13.2 Å². The lowest BCUT2D eigenvalue weighted by Crippen LogP contribution is -2.14. The van der Waals surface area contributed by atoms with Gasteiger partial charge in [-0.25, -0.2) is 9.78 Å². The van der Waals surface area contributed by atoms with Crippen molar-refractivity contribution in [3.8, 4) is 0 Å². The Balaban J connectivity index is 2.32. The smallest absolute Gasteiger partial charge is 0.335 e. The number of H-pyrrole nitrogens is 1. The number of aryl methyl sites for hydroxylation is 2. The van der Waals surface area contributed by atoms with Gasteiger partial charge in [-0.05, 0) is 37.6 Å². The van der Waals surface area contributed by atoms with E-state index in [1.54, 1.807) is 13.8 Å². The van der Waals surface area contributed by atoms with E-state index in [-0.39, 0.29) is 10.6 Å². The van der Waals surface area contributed by atoms with Crippen molar-refractivity contribution >= 4 is 21.7 Å². The lowest BCUT2D eigenvalue weighted by atomic mass is 10.1. The lowest BCUT2D eigenvalue weighted by Gasteiger charge is -2.09. The molecule has 8 heteroatoms. The average molecular weight is 295 g/mol. The van der Waals surface area contributed by atoms with Crippen LogP contribution in [0.5, 0.6) is 0 Å². The molecule has 0 radical (unpaired) electrons. The van der Waals surface area contributed by atoms with Gasteiger partial charge in [-0.15, -0.1) is 0 Å². The molecule has 0 aliphatic rings. The molecule has 0 saturated carbocycles. The molecule has 0 aliphatic heterocycles. The molecule has 2 aromatic rings. The number of sulfonamides is 1. The van der Waals surface area contributed by atoms with Crippen molar-refractivity contribution in [2.45, 2.75) is 18.9 Å². The van der Waals surface area contributed by atoms with Crippen LogP contribution in [0.3, 0.4) is 0 Å². The van der Waals surface area contributed by atoms with Crippen LogP contribution >= 0.6 is 0 Å². The number of aromatic nitrogens is 2. The first-order valence-electron chi connectivity index (χ1n) is 5.68. The van der Waals surface area contributed by atoms with Crippen LogP contribution in [0.1, 0.15) is 21.7 Å². The highest BCUT2D eigenvalue weighted by Crippen LogP contribution is 2.20. The summed E-state index contributed by atoms with van der Waals surface area (Å²) in [6, 6.07) is 4.16. The van der Waals surface area contributed by atoms with Crippen LogP contribution in [0.4, 0.5) is 5.69 Å². The Morgan fingerprint density at radius 2 is 2.05 bits per heavy atom. The minimum atomic E-state index is -3.76. The van der Waals surface area contributed by atoms with Crippen LogP contribution in [0.15, 0.2) is 29.4 Å². The molecule has 7 nitrogen and oxygen atoms in total.